The van der Waals surface area contributed by atoms with Crippen LogP contribution in [0.5, 0.6) is 0 Å². The average Bonchev–Trinajstić information content (AvgIpc) is 2.78. The van der Waals surface area contributed by atoms with Gasteiger partial charge < -0.3 is 5.32 Å². The second-order valence-corrected chi connectivity index (χ2v) is 7.49. The second-order valence-electron chi connectivity index (χ2n) is 3.89. The number of anilines is 1. The number of nitrogens with one attached hydrogen (secondary N) is 2. The van der Waals surface area contributed by atoms with E-state index in [1.54, 1.807) is 29.6 Å². The Kier molecular flexibility index (Phi) is 4.62. The molecule has 0 radical (unpaired) electrons. The Bertz CT molecular complexity index is 668. The fourth-order valence-corrected chi connectivity index (χ4v) is 4.27. The highest BCUT2D eigenvalue weighted by molar-refractivity contribution is 9.10. The second kappa shape index (κ2) is 6.04. The lowest BCUT2D eigenvalue weighted by Crippen LogP contribution is -2.12. The summed E-state index contributed by atoms with van der Waals surface area (Å²) in [6.07, 6.45) is 0. The minimum atomic E-state index is -3.52. The van der Waals surface area contributed by atoms with E-state index in [1.807, 2.05) is 13.1 Å². The molecule has 1 aromatic carbocycles. The highest BCUT2D eigenvalue weighted by Crippen LogP contribution is 2.23. The Balaban J connectivity index is 2.22. The number of halogens is 1. The fourth-order valence-electron chi connectivity index (χ4n) is 1.53. The Hall–Kier alpha value is -0.890. The molecule has 0 aliphatic carbocycles. The van der Waals surface area contributed by atoms with Gasteiger partial charge in [0.15, 0.2) is 0 Å². The van der Waals surface area contributed by atoms with Crippen LogP contribution in [0.4, 0.5) is 5.69 Å². The molecule has 1 aromatic heterocycles. The molecule has 4 nitrogen and oxygen atoms in total. The molecule has 1 heterocycles. The van der Waals surface area contributed by atoms with E-state index in [2.05, 4.69) is 26.0 Å². The summed E-state index contributed by atoms with van der Waals surface area (Å²) >= 11 is 4.73. The fraction of sp³-hybridized carbons (Fsp3) is 0.167. The van der Waals surface area contributed by atoms with Crippen molar-refractivity contribution in [3.63, 3.8) is 0 Å². The topological polar surface area (TPSA) is 58.2 Å². The molecule has 2 aromatic rings. The van der Waals surface area contributed by atoms with Crippen molar-refractivity contribution < 1.29 is 8.42 Å². The molecular weight excluding hydrogens is 348 g/mol. The van der Waals surface area contributed by atoms with Gasteiger partial charge in [-0.25, -0.2) is 8.42 Å². The molecule has 0 aliphatic heterocycles. The molecule has 0 saturated carbocycles. The van der Waals surface area contributed by atoms with Gasteiger partial charge in [-0.2, -0.15) is 0 Å². The van der Waals surface area contributed by atoms with E-state index in [4.69, 9.17) is 0 Å². The van der Waals surface area contributed by atoms with E-state index in [-0.39, 0.29) is 0 Å². The van der Waals surface area contributed by atoms with E-state index in [1.165, 1.54) is 11.3 Å². The third-order valence-electron chi connectivity index (χ3n) is 2.37. The summed E-state index contributed by atoms with van der Waals surface area (Å²) in [5, 5.41) is 4.64. The summed E-state index contributed by atoms with van der Waals surface area (Å²) in [6.45, 7) is 0.664. The number of sulfonamides is 1. The lowest BCUT2D eigenvalue weighted by Gasteiger charge is -2.06. The van der Waals surface area contributed by atoms with Crippen molar-refractivity contribution in [2.75, 3.05) is 11.8 Å². The summed E-state index contributed by atoms with van der Waals surface area (Å²) in [4.78, 5) is 1.28. The minimum Gasteiger partial charge on any atom is -0.315 e. The van der Waals surface area contributed by atoms with Gasteiger partial charge in [-0.05, 0) is 31.3 Å². The van der Waals surface area contributed by atoms with Crippen molar-refractivity contribution in [2.24, 2.45) is 0 Å². The maximum Gasteiger partial charge on any atom is 0.262 e. The van der Waals surface area contributed by atoms with Crippen molar-refractivity contribution in [3.05, 3.63) is 45.1 Å². The third-order valence-corrected chi connectivity index (χ3v) is 5.31. The maximum absolute atomic E-state index is 12.2. The monoisotopic (exact) mass is 360 g/mol. The van der Waals surface area contributed by atoms with Crippen molar-refractivity contribution in [1.29, 1.82) is 0 Å². The van der Waals surface area contributed by atoms with Gasteiger partial charge in [0.1, 0.15) is 0 Å². The SMILES string of the molecule is CNCc1cc(S(=O)(=O)Nc2cccc(Br)c2)cs1. The van der Waals surface area contributed by atoms with E-state index >= 15 is 0 Å². The number of benzene rings is 1. The summed E-state index contributed by atoms with van der Waals surface area (Å²) < 4.78 is 27.8. The molecule has 0 aliphatic rings. The number of rotatable bonds is 5. The van der Waals surface area contributed by atoms with Gasteiger partial charge in [0.2, 0.25) is 0 Å². The van der Waals surface area contributed by atoms with Crippen LogP contribution in [0.1, 0.15) is 4.88 Å². The molecule has 0 fully saturated rings. The molecule has 0 saturated heterocycles. The molecule has 0 unspecified atom stereocenters. The van der Waals surface area contributed by atoms with E-state index in [9.17, 15) is 8.42 Å². The number of hydrogen-bond donors (Lipinski definition) is 2. The molecule has 2 N–H and O–H groups in total. The van der Waals surface area contributed by atoms with Crippen LogP contribution in [0.2, 0.25) is 0 Å². The van der Waals surface area contributed by atoms with Crippen molar-refractivity contribution in [1.82, 2.24) is 5.32 Å². The minimum absolute atomic E-state index is 0.294. The first-order valence-corrected chi connectivity index (χ1v) is 8.67. The Labute approximate surface area is 125 Å². The van der Waals surface area contributed by atoms with E-state index in [0.29, 0.717) is 17.1 Å². The van der Waals surface area contributed by atoms with Crippen LogP contribution in [0, 0.1) is 0 Å². The van der Waals surface area contributed by atoms with Gasteiger partial charge in [0.05, 0.1) is 4.90 Å². The smallest absolute Gasteiger partial charge is 0.262 e. The average molecular weight is 361 g/mol. The van der Waals surface area contributed by atoms with Gasteiger partial charge in [0.25, 0.3) is 10.0 Å². The van der Waals surface area contributed by atoms with Crippen LogP contribution < -0.4 is 10.0 Å². The van der Waals surface area contributed by atoms with Gasteiger partial charge in [-0.1, -0.05) is 22.0 Å². The number of thiophene rings is 1. The zero-order valence-electron chi connectivity index (χ0n) is 10.2. The van der Waals surface area contributed by atoms with Gasteiger partial charge in [-0.3, -0.25) is 4.72 Å². The van der Waals surface area contributed by atoms with Crippen LogP contribution in [0.25, 0.3) is 0 Å². The summed E-state index contributed by atoms with van der Waals surface area (Å²) in [7, 11) is -1.69. The Morgan fingerprint density at radius 1 is 1.32 bits per heavy atom. The van der Waals surface area contributed by atoms with Crippen molar-refractivity contribution >= 4 is 43.0 Å². The van der Waals surface area contributed by atoms with Crippen molar-refractivity contribution in [3.8, 4) is 0 Å². The van der Waals surface area contributed by atoms with Crippen LogP contribution in [-0.4, -0.2) is 15.5 Å². The predicted octanol–water partition coefficient (Wildman–Crippen LogP) is 3.03. The van der Waals surface area contributed by atoms with E-state index in [0.717, 1.165) is 9.35 Å². The van der Waals surface area contributed by atoms with E-state index < -0.39 is 10.0 Å². The molecule has 19 heavy (non-hydrogen) atoms. The maximum atomic E-state index is 12.2. The standard InChI is InChI=1S/C12H13BrN2O2S2/c1-14-7-11-6-12(8-18-11)19(16,17)15-10-4-2-3-9(13)5-10/h2-6,8,14-15H,7H2,1H3. The highest BCUT2D eigenvalue weighted by atomic mass is 79.9. The molecule has 7 heteroatoms. The predicted molar refractivity (Wildman–Crippen MR) is 82.0 cm³/mol. The Morgan fingerprint density at radius 3 is 2.79 bits per heavy atom. The molecule has 0 amide bonds. The molecular formula is C12H13BrN2O2S2. The molecule has 2 rings (SSSR count). The normalized spacial score (nSPS) is 11.5. The molecule has 0 spiro atoms. The van der Waals surface area contributed by atoms with Crippen LogP contribution in [0.3, 0.4) is 0 Å². The first-order valence-electron chi connectivity index (χ1n) is 5.51. The van der Waals surface area contributed by atoms with Crippen LogP contribution in [0.15, 0.2) is 45.1 Å². The lowest BCUT2D eigenvalue weighted by atomic mass is 10.3. The quantitative estimate of drug-likeness (QED) is 0.861. The summed E-state index contributed by atoms with van der Waals surface area (Å²) in [6, 6.07) is 8.73. The number of hydrogen-bond acceptors (Lipinski definition) is 4. The first kappa shape index (κ1) is 14.5. The van der Waals surface area contributed by atoms with Gasteiger partial charge in [0, 0.05) is 27.0 Å². The first-order chi connectivity index (χ1) is 9.01. The third kappa shape index (κ3) is 3.79. The van der Waals surface area contributed by atoms with Gasteiger partial charge in [-0.15, -0.1) is 11.3 Å². The Morgan fingerprint density at radius 2 is 2.11 bits per heavy atom. The van der Waals surface area contributed by atoms with Crippen LogP contribution in [-0.2, 0) is 16.6 Å². The molecule has 0 atom stereocenters. The summed E-state index contributed by atoms with van der Waals surface area (Å²) in [5.74, 6) is 0. The van der Waals surface area contributed by atoms with Crippen LogP contribution >= 0.6 is 27.3 Å². The molecule has 0 bridgehead atoms. The van der Waals surface area contributed by atoms with Crippen molar-refractivity contribution in [2.45, 2.75) is 11.4 Å². The largest absolute Gasteiger partial charge is 0.315 e. The zero-order valence-corrected chi connectivity index (χ0v) is 13.4. The lowest BCUT2D eigenvalue weighted by molar-refractivity contribution is 0.601. The molecule has 102 valence electrons. The highest BCUT2D eigenvalue weighted by Gasteiger charge is 2.16. The zero-order chi connectivity index (χ0) is 13.9. The summed E-state index contributed by atoms with van der Waals surface area (Å²) in [5.41, 5.74) is 0.538. The van der Waals surface area contributed by atoms with Gasteiger partial charge >= 0.3 is 0 Å².